The average Bonchev–Trinajstić information content (AvgIpc) is 3.87. The lowest BCUT2D eigenvalue weighted by Gasteiger charge is -2.26. The molecule has 0 aliphatic carbocycles. The van der Waals surface area contributed by atoms with Crippen LogP contribution in [0.1, 0.15) is 25.7 Å². The summed E-state index contributed by atoms with van der Waals surface area (Å²) in [6.45, 7) is 4.32. The van der Waals surface area contributed by atoms with Crippen molar-refractivity contribution in [2.45, 2.75) is 32.2 Å². The van der Waals surface area contributed by atoms with E-state index in [4.69, 9.17) is 14.2 Å². The molecule has 2 bridgehead atoms. The molecule has 4 heterocycles. The van der Waals surface area contributed by atoms with E-state index in [1.807, 2.05) is 52.4 Å². The van der Waals surface area contributed by atoms with Gasteiger partial charge in [0.1, 0.15) is 30.3 Å². The Labute approximate surface area is 261 Å². The maximum absolute atomic E-state index is 13.4. The molecule has 6 rings (SSSR count). The van der Waals surface area contributed by atoms with E-state index in [2.05, 4.69) is 25.1 Å². The Morgan fingerprint density at radius 3 is 2.58 bits per heavy atom. The lowest BCUT2D eigenvalue weighted by Crippen LogP contribution is -2.40. The number of fused-ring (bicyclic) bond motifs is 4. The van der Waals surface area contributed by atoms with E-state index < -0.39 is 0 Å². The van der Waals surface area contributed by atoms with Crippen LogP contribution in [0.3, 0.4) is 0 Å². The zero-order chi connectivity index (χ0) is 30.8. The molecular weight excluding hydrogens is 576 g/mol. The number of imidazole rings is 1. The summed E-state index contributed by atoms with van der Waals surface area (Å²) >= 11 is 0. The van der Waals surface area contributed by atoms with E-state index in [-0.39, 0.29) is 24.3 Å². The molecule has 1 unspecified atom stereocenters. The molecule has 1 saturated heterocycles. The van der Waals surface area contributed by atoms with Gasteiger partial charge in [-0.2, -0.15) is 0 Å². The number of tetrazole rings is 1. The molecule has 4 aromatic rings. The second-order valence-corrected chi connectivity index (χ2v) is 11.2. The number of ether oxygens (including phenoxy) is 3. The fourth-order valence-electron chi connectivity index (χ4n) is 5.68. The molecule has 0 spiro atoms. The fourth-order valence-corrected chi connectivity index (χ4v) is 5.68. The van der Waals surface area contributed by atoms with Gasteiger partial charge in [-0.1, -0.05) is 12.1 Å². The van der Waals surface area contributed by atoms with Crippen LogP contribution in [-0.2, 0) is 20.9 Å². The van der Waals surface area contributed by atoms with Crippen molar-refractivity contribution < 1.29 is 23.8 Å². The van der Waals surface area contributed by atoms with E-state index in [0.29, 0.717) is 58.3 Å². The van der Waals surface area contributed by atoms with Crippen molar-refractivity contribution >= 4 is 11.8 Å². The molecule has 2 amide bonds. The molecule has 1 fully saturated rings. The SMILES string of the molecule is O=C(COc1ccc(-n2cnnn2)cc1)N1CCCCN(C(=O)C2CCOC2)CCOc2cccc(c2)-c2nccn2CCC1. The van der Waals surface area contributed by atoms with Crippen LogP contribution in [0.2, 0.25) is 0 Å². The van der Waals surface area contributed by atoms with Gasteiger partial charge in [-0.05, 0) is 72.5 Å². The third-order valence-electron chi connectivity index (χ3n) is 8.13. The Morgan fingerprint density at radius 1 is 0.933 bits per heavy atom. The van der Waals surface area contributed by atoms with Gasteiger partial charge in [0.15, 0.2) is 6.61 Å². The summed E-state index contributed by atoms with van der Waals surface area (Å²) in [6.07, 6.45) is 8.28. The molecule has 236 valence electrons. The summed E-state index contributed by atoms with van der Waals surface area (Å²) < 4.78 is 21.1. The largest absolute Gasteiger partial charge is 0.492 e. The van der Waals surface area contributed by atoms with Gasteiger partial charge in [-0.25, -0.2) is 9.67 Å². The number of aryl methyl sites for hydroxylation is 1. The number of aromatic nitrogens is 6. The third kappa shape index (κ3) is 7.85. The van der Waals surface area contributed by atoms with Gasteiger partial charge in [-0.3, -0.25) is 9.59 Å². The maximum atomic E-state index is 13.4. The summed E-state index contributed by atoms with van der Waals surface area (Å²) in [6, 6.07) is 15.1. The lowest BCUT2D eigenvalue weighted by molar-refractivity contribution is -0.136. The van der Waals surface area contributed by atoms with E-state index in [0.717, 1.165) is 48.5 Å². The first-order valence-corrected chi connectivity index (χ1v) is 15.5. The Balaban J connectivity index is 1.14. The molecule has 2 aromatic carbocycles. The van der Waals surface area contributed by atoms with Crippen molar-refractivity contribution in [3.63, 3.8) is 0 Å². The summed E-state index contributed by atoms with van der Waals surface area (Å²) in [7, 11) is 0. The minimum Gasteiger partial charge on any atom is -0.492 e. The van der Waals surface area contributed by atoms with E-state index in [9.17, 15) is 9.59 Å². The van der Waals surface area contributed by atoms with Crippen LogP contribution in [0.15, 0.2) is 67.3 Å². The van der Waals surface area contributed by atoms with Crippen LogP contribution in [0.5, 0.6) is 11.5 Å². The summed E-state index contributed by atoms with van der Waals surface area (Å²) in [5, 5.41) is 11.2. The Bertz CT molecular complexity index is 1540. The molecule has 1 atom stereocenters. The fraction of sp³-hybridized carbons (Fsp3) is 0.438. The van der Waals surface area contributed by atoms with Crippen LogP contribution in [0, 0.1) is 5.92 Å². The van der Waals surface area contributed by atoms with E-state index in [1.54, 1.807) is 23.0 Å². The topological polar surface area (TPSA) is 130 Å². The van der Waals surface area contributed by atoms with Crippen molar-refractivity contribution in [1.29, 1.82) is 0 Å². The highest BCUT2D eigenvalue weighted by molar-refractivity contribution is 5.79. The molecule has 2 aromatic heterocycles. The van der Waals surface area contributed by atoms with Crippen LogP contribution in [0.25, 0.3) is 17.1 Å². The molecule has 2 aliphatic heterocycles. The Kier molecular flexibility index (Phi) is 9.95. The van der Waals surface area contributed by atoms with Crippen molar-refractivity contribution in [3.05, 3.63) is 67.3 Å². The Hall–Kier alpha value is -4.78. The summed E-state index contributed by atoms with van der Waals surface area (Å²) in [5.41, 5.74) is 1.74. The molecule has 2 aliphatic rings. The number of carbonyl (C=O) groups excluding carboxylic acids is 2. The number of hydrogen-bond donors (Lipinski definition) is 0. The van der Waals surface area contributed by atoms with Gasteiger partial charge in [0, 0.05) is 50.7 Å². The zero-order valence-electron chi connectivity index (χ0n) is 25.2. The standard InChI is InChI=1S/C32H38N8O5/c41-30(23-45-28-9-7-27(8-10-28)40-24-34-35-36-40)37-13-1-2-14-39(32(42)26-11-19-43-22-26)18-20-44-29-6-3-5-25(21-29)31-33-12-17-38(31)16-4-15-37/h3,5-10,12,17,21,24,26H,1-2,4,11,13-16,18-20,22-23H2. The second kappa shape index (κ2) is 14.8. The van der Waals surface area contributed by atoms with Crippen molar-refractivity contribution in [1.82, 2.24) is 39.6 Å². The summed E-state index contributed by atoms with van der Waals surface area (Å²) in [4.78, 5) is 35.1. The smallest absolute Gasteiger partial charge is 0.260 e. The molecular formula is C32H38N8O5. The molecule has 0 N–H and O–H groups in total. The molecule has 13 heteroatoms. The van der Waals surface area contributed by atoms with Crippen LogP contribution >= 0.6 is 0 Å². The first-order valence-electron chi connectivity index (χ1n) is 15.5. The molecule has 13 nitrogen and oxygen atoms in total. The number of rotatable bonds is 5. The van der Waals surface area contributed by atoms with Gasteiger partial charge < -0.3 is 28.6 Å². The maximum Gasteiger partial charge on any atom is 0.260 e. The van der Waals surface area contributed by atoms with Crippen LogP contribution in [0.4, 0.5) is 0 Å². The van der Waals surface area contributed by atoms with Crippen LogP contribution < -0.4 is 9.47 Å². The number of carbonyl (C=O) groups is 2. The quantitative estimate of drug-likeness (QED) is 0.333. The minimum absolute atomic E-state index is 0.0724. The average molecular weight is 615 g/mol. The van der Waals surface area contributed by atoms with Crippen molar-refractivity contribution in [2.24, 2.45) is 5.92 Å². The monoisotopic (exact) mass is 614 g/mol. The van der Waals surface area contributed by atoms with Crippen molar-refractivity contribution in [3.8, 4) is 28.6 Å². The van der Waals surface area contributed by atoms with Gasteiger partial charge in [0.25, 0.3) is 5.91 Å². The number of amides is 2. The number of hydrogen-bond acceptors (Lipinski definition) is 9. The summed E-state index contributed by atoms with van der Waals surface area (Å²) in [5.74, 6) is 2.08. The van der Waals surface area contributed by atoms with Gasteiger partial charge in [0.2, 0.25) is 5.91 Å². The highest BCUT2D eigenvalue weighted by Gasteiger charge is 2.28. The molecule has 0 saturated carbocycles. The lowest BCUT2D eigenvalue weighted by atomic mass is 10.1. The zero-order valence-corrected chi connectivity index (χ0v) is 25.2. The Morgan fingerprint density at radius 2 is 1.78 bits per heavy atom. The normalized spacial score (nSPS) is 18.1. The van der Waals surface area contributed by atoms with E-state index >= 15 is 0 Å². The third-order valence-corrected chi connectivity index (χ3v) is 8.13. The minimum atomic E-state index is -0.113. The van der Waals surface area contributed by atoms with Crippen molar-refractivity contribution in [2.75, 3.05) is 52.6 Å². The second-order valence-electron chi connectivity index (χ2n) is 11.2. The predicted octanol–water partition coefficient (Wildman–Crippen LogP) is 2.86. The molecule has 0 radical (unpaired) electrons. The first-order chi connectivity index (χ1) is 22.1. The van der Waals surface area contributed by atoms with Gasteiger partial charge in [-0.15, -0.1) is 5.10 Å². The predicted molar refractivity (Wildman–Crippen MR) is 164 cm³/mol. The number of nitrogens with zero attached hydrogens (tertiary/aromatic N) is 8. The van der Waals surface area contributed by atoms with Crippen LogP contribution in [-0.4, -0.2) is 104 Å². The van der Waals surface area contributed by atoms with E-state index in [1.165, 1.54) is 6.33 Å². The highest BCUT2D eigenvalue weighted by atomic mass is 16.5. The molecule has 45 heavy (non-hydrogen) atoms. The number of benzene rings is 2. The first kappa shape index (κ1) is 30.3. The van der Waals surface area contributed by atoms with Gasteiger partial charge in [0.05, 0.1) is 24.8 Å². The highest BCUT2D eigenvalue weighted by Crippen LogP contribution is 2.24. The van der Waals surface area contributed by atoms with Gasteiger partial charge >= 0.3 is 0 Å².